The van der Waals surface area contributed by atoms with Crippen molar-refractivity contribution >= 4 is 26.4 Å². The lowest BCUT2D eigenvalue weighted by molar-refractivity contribution is -0.147. The molecule has 0 fully saturated rings. The molecule has 0 radical (unpaired) electrons. The zero-order valence-electron chi connectivity index (χ0n) is 15.4. The highest BCUT2D eigenvalue weighted by Gasteiger charge is 2.41. The van der Waals surface area contributed by atoms with Crippen molar-refractivity contribution in [2.45, 2.75) is 51.3 Å². The first-order valence-electron chi connectivity index (χ1n) is 8.56. The molecule has 144 valence electrons. The van der Waals surface area contributed by atoms with Crippen LogP contribution in [-0.4, -0.2) is 27.4 Å². The summed E-state index contributed by atoms with van der Waals surface area (Å²) in [6, 6.07) is 7.82. The van der Waals surface area contributed by atoms with Crippen molar-refractivity contribution in [2.75, 3.05) is 0 Å². The molecule has 26 heavy (non-hydrogen) atoms. The van der Waals surface area contributed by atoms with Gasteiger partial charge in [0.15, 0.2) is 0 Å². The van der Waals surface area contributed by atoms with Gasteiger partial charge in [-0.3, -0.25) is 9.59 Å². The predicted molar refractivity (Wildman–Crippen MR) is 104 cm³/mol. The van der Waals surface area contributed by atoms with E-state index in [1.165, 1.54) is 0 Å². The fourth-order valence-electron chi connectivity index (χ4n) is 3.05. The fraction of sp³-hybridized carbons (Fsp3) is 0.474. The number of carboxylic acid groups (broad SMARTS) is 1. The van der Waals surface area contributed by atoms with E-state index >= 15 is 0 Å². The Bertz CT molecular complexity index is 701. The first kappa shape index (κ1) is 22.1. The summed E-state index contributed by atoms with van der Waals surface area (Å²) in [5, 5.41) is 18.3. The number of benzene rings is 1. The van der Waals surface area contributed by atoms with Crippen LogP contribution in [0, 0.1) is 5.92 Å². The van der Waals surface area contributed by atoms with Crippen LogP contribution < -0.4 is 5.73 Å². The second-order valence-electron chi connectivity index (χ2n) is 6.96. The number of rotatable bonds is 10. The average Bonchev–Trinajstić information content (AvgIpc) is 2.54. The van der Waals surface area contributed by atoms with Crippen LogP contribution in [-0.2, 0) is 14.2 Å². The molecule has 6 nitrogen and oxygen atoms in total. The molecule has 3 atom stereocenters. The number of nitrogens with two attached hydrogens (primary N) is 1. The molecule has 1 aromatic rings. The molecule has 0 saturated carbocycles. The maximum atomic E-state index is 11.7. The molecule has 0 saturated heterocycles. The number of hydrogen-bond donors (Lipinski definition) is 3. The quantitative estimate of drug-likeness (QED) is 0.539. The smallest absolute Gasteiger partial charge is 0.309 e. The van der Waals surface area contributed by atoms with Gasteiger partial charge in [-0.05, 0) is 30.4 Å². The van der Waals surface area contributed by atoms with Crippen LogP contribution in [0.5, 0.6) is 0 Å². The maximum absolute atomic E-state index is 11.7. The molecule has 7 heteroatoms. The summed E-state index contributed by atoms with van der Waals surface area (Å²) in [6.07, 6.45) is 1.50. The summed E-state index contributed by atoms with van der Waals surface area (Å²) >= 11 is 0. The fourth-order valence-corrected chi connectivity index (χ4v) is 3.93. The Labute approximate surface area is 155 Å². The van der Waals surface area contributed by atoms with Gasteiger partial charge in [-0.15, -0.1) is 0 Å². The first-order chi connectivity index (χ1) is 12.1. The van der Waals surface area contributed by atoms with Gasteiger partial charge in [0, 0.05) is 12.8 Å². The molecule has 0 bridgehead atoms. The van der Waals surface area contributed by atoms with Crippen LogP contribution in [0.15, 0.2) is 29.8 Å². The molecule has 1 amide bonds. The standard InChI is InChI=1S/C19H28NO5P/c1-12(2)15-7-5-4-6-14(15)10-13(3)11-19(24,26-25)16(18(22)23)8-9-17(20)21/h4-7,10,12,16,24H,8-9,11,26H2,1-3H3,(H2,20,21)(H,22,23). The second kappa shape index (κ2) is 9.70. The Kier molecular flexibility index (Phi) is 8.25. The summed E-state index contributed by atoms with van der Waals surface area (Å²) in [4.78, 5) is 22.5. The van der Waals surface area contributed by atoms with Gasteiger partial charge < -0.3 is 20.5 Å². The Morgan fingerprint density at radius 1 is 1.31 bits per heavy atom. The van der Waals surface area contributed by atoms with Gasteiger partial charge in [-0.1, -0.05) is 49.8 Å². The molecule has 0 spiro atoms. The largest absolute Gasteiger partial charge is 0.481 e. The van der Waals surface area contributed by atoms with Gasteiger partial charge in [0.1, 0.15) is 5.34 Å². The molecule has 0 aliphatic rings. The number of primary amides is 1. The number of aliphatic hydroxyl groups is 1. The van der Waals surface area contributed by atoms with Crippen molar-refractivity contribution < 1.29 is 24.4 Å². The normalized spacial score (nSPS) is 16.0. The summed E-state index contributed by atoms with van der Waals surface area (Å²) in [6.45, 7) is 5.92. The van der Waals surface area contributed by atoms with Crippen LogP contribution in [0.2, 0.25) is 0 Å². The Morgan fingerprint density at radius 3 is 2.42 bits per heavy atom. The van der Waals surface area contributed by atoms with Crippen LogP contribution in [0.1, 0.15) is 57.1 Å². The van der Waals surface area contributed by atoms with Crippen molar-refractivity contribution in [1.82, 2.24) is 0 Å². The Balaban J connectivity index is 3.12. The van der Waals surface area contributed by atoms with E-state index in [1.807, 2.05) is 30.3 Å². The highest BCUT2D eigenvalue weighted by molar-refractivity contribution is 7.25. The third-order valence-corrected chi connectivity index (χ3v) is 5.38. The van der Waals surface area contributed by atoms with Gasteiger partial charge in [-0.25, -0.2) is 0 Å². The van der Waals surface area contributed by atoms with Crippen LogP contribution in [0.25, 0.3) is 6.08 Å². The van der Waals surface area contributed by atoms with E-state index in [4.69, 9.17) is 5.73 Å². The van der Waals surface area contributed by atoms with Gasteiger partial charge >= 0.3 is 5.97 Å². The highest BCUT2D eigenvalue weighted by Crippen LogP contribution is 2.38. The molecule has 0 heterocycles. The zero-order valence-corrected chi connectivity index (χ0v) is 16.6. The van der Waals surface area contributed by atoms with Crippen LogP contribution in [0.4, 0.5) is 0 Å². The van der Waals surface area contributed by atoms with Gasteiger partial charge in [0.25, 0.3) is 0 Å². The van der Waals surface area contributed by atoms with Crippen LogP contribution in [0.3, 0.4) is 0 Å². The molecule has 1 aromatic carbocycles. The number of hydrogen-bond acceptors (Lipinski definition) is 4. The summed E-state index contributed by atoms with van der Waals surface area (Å²) in [5.41, 5.74) is 7.91. The molecular formula is C19H28NO5P. The molecule has 0 aliphatic carbocycles. The lowest BCUT2D eigenvalue weighted by atomic mass is 9.90. The predicted octanol–water partition coefficient (Wildman–Crippen LogP) is 3.01. The van der Waals surface area contributed by atoms with E-state index < -0.39 is 31.6 Å². The maximum Gasteiger partial charge on any atom is 0.309 e. The molecule has 1 rings (SSSR count). The van der Waals surface area contributed by atoms with Crippen molar-refractivity contribution in [1.29, 1.82) is 0 Å². The number of carboxylic acids is 1. The van der Waals surface area contributed by atoms with E-state index in [2.05, 4.69) is 13.8 Å². The lowest BCUT2D eigenvalue weighted by Gasteiger charge is -2.29. The Morgan fingerprint density at radius 2 is 1.92 bits per heavy atom. The molecule has 3 unspecified atom stereocenters. The van der Waals surface area contributed by atoms with E-state index in [0.29, 0.717) is 11.5 Å². The number of carbonyl (C=O) groups is 2. The van der Waals surface area contributed by atoms with Crippen molar-refractivity contribution in [3.8, 4) is 0 Å². The lowest BCUT2D eigenvalue weighted by Crippen LogP contribution is -2.38. The average molecular weight is 381 g/mol. The first-order valence-corrected chi connectivity index (χ1v) is 9.61. The molecule has 0 aliphatic heterocycles. The van der Waals surface area contributed by atoms with Crippen molar-refractivity contribution in [2.24, 2.45) is 11.7 Å². The molecule has 4 N–H and O–H groups in total. The summed E-state index contributed by atoms with van der Waals surface area (Å²) in [5.74, 6) is -2.95. The van der Waals surface area contributed by atoms with E-state index in [1.54, 1.807) is 6.92 Å². The zero-order chi connectivity index (χ0) is 19.9. The second-order valence-corrected chi connectivity index (χ2v) is 8.19. The number of amides is 1. The molecular weight excluding hydrogens is 353 g/mol. The van der Waals surface area contributed by atoms with Crippen molar-refractivity contribution in [3.05, 3.63) is 41.0 Å². The van der Waals surface area contributed by atoms with Crippen LogP contribution >= 0.6 is 8.46 Å². The molecule has 0 aromatic heterocycles. The van der Waals surface area contributed by atoms with Gasteiger partial charge in [-0.2, -0.15) is 0 Å². The third kappa shape index (κ3) is 6.11. The van der Waals surface area contributed by atoms with Gasteiger partial charge in [0.05, 0.1) is 14.4 Å². The minimum absolute atomic E-state index is 0.0476. The Hall–Kier alpha value is -1.91. The minimum Gasteiger partial charge on any atom is -0.481 e. The third-order valence-electron chi connectivity index (χ3n) is 4.37. The van der Waals surface area contributed by atoms with E-state index in [9.17, 15) is 24.4 Å². The van der Waals surface area contributed by atoms with E-state index in [-0.39, 0.29) is 19.3 Å². The summed E-state index contributed by atoms with van der Waals surface area (Å²) < 4.78 is 11.7. The van der Waals surface area contributed by atoms with E-state index in [0.717, 1.165) is 11.1 Å². The van der Waals surface area contributed by atoms with Crippen molar-refractivity contribution in [3.63, 3.8) is 0 Å². The topological polar surface area (TPSA) is 118 Å². The minimum atomic E-state index is -1.89. The highest BCUT2D eigenvalue weighted by atomic mass is 31.1. The SMILES string of the molecule is CC(=Cc1ccccc1C(C)C)CC(O)([PH2]=O)C(CCC(N)=O)C(=O)O. The number of aliphatic carboxylic acids is 1. The monoisotopic (exact) mass is 381 g/mol. The van der Waals surface area contributed by atoms with Gasteiger partial charge in [0.2, 0.25) is 5.91 Å². The number of carbonyl (C=O) groups excluding carboxylic acids is 1. The summed E-state index contributed by atoms with van der Waals surface area (Å²) in [7, 11) is -1.79.